The smallest absolute Gasteiger partial charge is 0.329 e. The maximum absolute atomic E-state index is 12.4. The summed E-state index contributed by atoms with van der Waals surface area (Å²) in [6, 6.07) is 7.56. The molecule has 0 spiro atoms. The molecule has 2 aromatic rings. The van der Waals surface area contributed by atoms with Crippen molar-refractivity contribution in [1.82, 2.24) is 4.98 Å². The van der Waals surface area contributed by atoms with Crippen molar-refractivity contribution in [2.24, 2.45) is 0 Å². The molecule has 1 aromatic carbocycles. The van der Waals surface area contributed by atoms with E-state index in [9.17, 15) is 4.79 Å². The number of hydrogen-bond donors (Lipinski definition) is 0. The molecule has 4 nitrogen and oxygen atoms in total. The van der Waals surface area contributed by atoms with Crippen molar-refractivity contribution in [3.8, 4) is 11.8 Å². The maximum Gasteiger partial charge on any atom is 0.329 e. The van der Waals surface area contributed by atoms with Gasteiger partial charge in [0.1, 0.15) is 12.6 Å². The second kappa shape index (κ2) is 7.30. The van der Waals surface area contributed by atoms with Crippen molar-refractivity contribution >= 4 is 22.4 Å². The molecular formula is C18H18N2O2S. The molecule has 0 bridgehead atoms. The molecule has 0 saturated carbocycles. The van der Waals surface area contributed by atoms with E-state index >= 15 is 0 Å². The van der Waals surface area contributed by atoms with Gasteiger partial charge in [0.05, 0.1) is 0 Å². The minimum absolute atomic E-state index is 0.171. The molecule has 1 aromatic heterocycles. The molecule has 0 N–H and O–H groups in total. The number of ether oxygens (including phenoxy) is 1. The second-order valence-electron chi connectivity index (χ2n) is 5.35. The van der Waals surface area contributed by atoms with E-state index in [1.165, 1.54) is 0 Å². The van der Waals surface area contributed by atoms with E-state index in [2.05, 4.69) is 16.8 Å². The molecule has 1 atom stereocenters. The summed E-state index contributed by atoms with van der Waals surface area (Å²) in [6.45, 7) is 2.96. The summed E-state index contributed by atoms with van der Waals surface area (Å²) in [5.74, 6) is 5.69. The predicted octanol–water partition coefficient (Wildman–Crippen LogP) is 3.23. The van der Waals surface area contributed by atoms with Crippen molar-refractivity contribution in [3.63, 3.8) is 0 Å². The predicted molar refractivity (Wildman–Crippen MR) is 91.3 cm³/mol. The monoisotopic (exact) mass is 326 g/mol. The third-order valence-corrected chi connectivity index (χ3v) is 4.60. The van der Waals surface area contributed by atoms with Gasteiger partial charge in [0, 0.05) is 23.7 Å². The van der Waals surface area contributed by atoms with Crippen molar-refractivity contribution in [2.45, 2.75) is 32.4 Å². The van der Waals surface area contributed by atoms with Crippen LogP contribution in [0, 0.1) is 11.8 Å². The number of rotatable bonds is 4. The first-order valence-corrected chi connectivity index (χ1v) is 8.50. The van der Waals surface area contributed by atoms with Crippen LogP contribution in [0.5, 0.6) is 0 Å². The highest BCUT2D eigenvalue weighted by molar-refractivity contribution is 7.13. The van der Waals surface area contributed by atoms with Gasteiger partial charge < -0.3 is 9.64 Å². The summed E-state index contributed by atoms with van der Waals surface area (Å²) in [7, 11) is 0. The first-order valence-electron chi connectivity index (χ1n) is 7.62. The number of thiazole rings is 1. The lowest BCUT2D eigenvalue weighted by molar-refractivity contribution is -0.146. The van der Waals surface area contributed by atoms with Crippen LogP contribution in [0.1, 0.15) is 30.9 Å². The van der Waals surface area contributed by atoms with Gasteiger partial charge in [0.25, 0.3) is 0 Å². The van der Waals surface area contributed by atoms with E-state index in [-0.39, 0.29) is 12.0 Å². The van der Waals surface area contributed by atoms with Crippen LogP contribution >= 0.6 is 11.3 Å². The van der Waals surface area contributed by atoms with Crippen molar-refractivity contribution in [1.29, 1.82) is 0 Å². The Kier molecular flexibility index (Phi) is 4.94. The molecule has 2 heterocycles. The Morgan fingerprint density at radius 1 is 1.43 bits per heavy atom. The van der Waals surface area contributed by atoms with E-state index in [4.69, 9.17) is 4.74 Å². The number of benzene rings is 1. The number of nitrogens with zero attached hydrogens (tertiary/aromatic N) is 2. The molecule has 23 heavy (non-hydrogen) atoms. The molecule has 0 radical (unpaired) electrons. The van der Waals surface area contributed by atoms with E-state index in [0.717, 1.165) is 35.6 Å². The second-order valence-corrected chi connectivity index (χ2v) is 6.22. The van der Waals surface area contributed by atoms with Crippen molar-refractivity contribution < 1.29 is 9.53 Å². The topological polar surface area (TPSA) is 42.4 Å². The lowest BCUT2D eigenvalue weighted by Gasteiger charge is -2.22. The largest absolute Gasteiger partial charge is 0.459 e. The van der Waals surface area contributed by atoms with Gasteiger partial charge in [-0.3, -0.25) is 0 Å². The van der Waals surface area contributed by atoms with Gasteiger partial charge in [-0.25, -0.2) is 9.78 Å². The molecule has 3 rings (SSSR count). The van der Waals surface area contributed by atoms with Gasteiger partial charge in [0.15, 0.2) is 5.13 Å². The number of esters is 1. The Hall–Kier alpha value is -2.32. The number of carbonyl (C=O) groups is 1. The average Bonchev–Trinajstić information content (AvgIpc) is 3.25. The van der Waals surface area contributed by atoms with Gasteiger partial charge in [-0.05, 0) is 37.5 Å². The maximum atomic E-state index is 12.4. The minimum atomic E-state index is -0.216. The molecular weight excluding hydrogens is 308 g/mol. The Bertz CT molecular complexity index is 714. The third kappa shape index (κ3) is 3.72. The number of aromatic nitrogens is 1. The summed E-state index contributed by atoms with van der Waals surface area (Å²) in [4.78, 5) is 18.7. The molecule has 1 aliphatic heterocycles. The van der Waals surface area contributed by atoms with Crippen LogP contribution in [0.4, 0.5) is 5.13 Å². The molecule has 1 saturated heterocycles. The Morgan fingerprint density at radius 3 is 2.96 bits per heavy atom. The van der Waals surface area contributed by atoms with Crippen molar-refractivity contribution in [2.75, 3.05) is 11.4 Å². The molecule has 1 aliphatic rings. The highest BCUT2D eigenvalue weighted by atomic mass is 32.1. The Morgan fingerprint density at radius 2 is 2.26 bits per heavy atom. The summed E-state index contributed by atoms with van der Waals surface area (Å²) in [5, 5.41) is 2.82. The van der Waals surface area contributed by atoms with Crippen LogP contribution < -0.4 is 4.90 Å². The molecule has 0 unspecified atom stereocenters. The van der Waals surface area contributed by atoms with Gasteiger partial charge in [-0.15, -0.1) is 17.3 Å². The van der Waals surface area contributed by atoms with E-state index < -0.39 is 0 Å². The minimum Gasteiger partial charge on any atom is -0.459 e. The SMILES string of the molecule is CC#Cc1ccc(COC(=O)[C@H]2CCCN2c2nccs2)cc1. The average molecular weight is 326 g/mol. The van der Waals surface area contributed by atoms with E-state index in [1.54, 1.807) is 17.5 Å². The fourth-order valence-corrected chi connectivity index (χ4v) is 3.40. The quantitative estimate of drug-likeness (QED) is 0.639. The van der Waals surface area contributed by atoms with Crippen LogP contribution in [-0.2, 0) is 16.1 Å². The molecule has 0 amide bonds. The number of hydrogen-bond acceptors (Lipinski definition) is 5. The summed E-state index contributed by atoms with van der Waals surface area (Å²) >= 11 is 1.56. The summed E-state index contributed by atoms with van der Waals surface area (Å²) in [5.41, 5.74) is 1.94. The van der Waals surface area contributed by atoms with Crippen LogP contribution in [0.25, 0.3) is 0 Å². The molecule has 0 aliphatic carbocycles. The van der Waals surface area contributed by atoms with E-state index in [1.807, 2.05) is 41.5 Å². The standard InChI is InChI=1S/C18H18N2O2S/c1-2-4-14-6-8-15(9-7-14)13-22-17(21)16-5-3-11-20(16)18-19-10-12-23-18/h6-10,12,16H,3,5,11,13H2,1H3/t16-/m1/s1. The Labute approximate surface area is 140 Å². The first kappa shape index (κ1) is 15.6. The van der Waals surface area contributed by atoms with Crippen LogP contribution in [0.15, 0.2) is 35.8 Å². The normalized spacial score (nSPS) is 16.7. The fourth-order valence-electron chi connectivity index (χ4n) is 2.68. The Balaban J connectivity index is 1.59. The molecule has 1 fully saturated rings. The van der Waals surface area contributed by atoms with Gasteiger partial charge in [0.2, 0.25) is 0 Å². The van der Waals surface area contributed by atoms with Crippen LogP contribution in [0.3, 0.4) is 0 Å². The highest BCUT2D eigenvalue weighted by Gasteiger charge is 2.33. The number of carbonyl (C=O) groups excluding carboxylic acids is 1. The van der Waals surface area contributed by atoms with Crippen molar-refractivity contribution in [3.05, 3.63) is 47.0 Å². The van der Waals surface area contributed by atoms with Gasteiger partial charge >= 0.3 is 5.97 Å². The van der Waals surface area contributed by atoms with Gasteiger partial charge in [-0.1, -0.05) is 18.1 Å². The summed E-state index contributed by atoms with van der Waals surface area (Å²) in [6.07, 6.45) is 3.58. The zero-order chi connectivity index (χ0) is 16.1. The zero-order valence-corrected chi connectivity index (χ0v) is 13.8. The highest BCUT2D eigenvalue weighted by Crippen LogP contribution is 2.28. The molecule has 5 heteroatoms. The van der Waals surface area contributed by atoms with E-state index in [0.29, 0.717) is 6.61 Å². The van der Waals surface area contributed by atoms with Gasteiger partial charge in [-0.2, -0.15) is 0 Å². The van der Waals surface area contributed by atoms with Crippen LogP contribution in [-0.4, -0.2) is 23.5 Å². The zero-order valence-electron chi connectivity index (χ0n) is 13.0. The first-order chi connectivity index (χ1) is 11.3. The number of anilines is 1. The lowest BCUT2D eigenvalue weighted by atomic mass is 10.1. The molecule has 118 valence electrons. The lowest BCUT2D eigenvalue weighted by Crippen LogP contribution is -2.37. The fraction of sp³-hybridized carbons (Fsp3) is 0.333. The summed E-state index contributed by atoms with van der Waals surface area (Å²) < 4.78 is 5.50. The third-order valence-electron chi connectivity index (χ3n) is 3.79. The van der Waals surface area contributed by atoms with Crippen LogP contribution in [0.2, 0.25) is 0 Å².